The molecule has 1 heterocycles. The van der Waals surface area contributed by atoms with Crippen LogP contribution in [0.1, 0.15) is 42.2 Å². The van der Waals surface area contributed by atoms with Crippen LogP contribution < -0.4 is 4.72 Å². The average Bonchev–Trinajstić information content (AvgIpc) is 2.59. The molecule has 1 atom stereocenters. The van der Waals surface area contributed by atoms with Gasteiger partial charge in [-0.15, -0.1) is 11.3 Å². The first-order chi connectivity index (χ1) is 9.86. The molecule has 1 aromatic rings. The van der Waals surface area contributed by atoms with Gasteiger partial charge in [0.15, 0.2) is 5.25 Å². The van der Waals surface area contributed by atoms with Gasteiger partial charge in [0, 0.05) is 4.88 Å². The van der Waals surface area contributed by atoms with Crippen molar-refractivity contribution in [2.75, 3.05) is 4.72 Å². The fraction of sp³-hybridized carbons (Fsp3) is 0.538. The number of nitrogens with one attached hydrogen (secondary N) is 1. The molecule has 1 aromatic heterocycles. The molecule has 0 saturated heterocycles. The highest BCUT2D eigenvalue weighted by Gasteiger charge is 2.30. The Hall–Kier alpha value is -1.59. The number of sulfonamides is 1. The van der Waals surface area contributed by atoms with E-state index in [1.807, 2.05) is 0 Å². The number of carboxylic acids is 1. The summed E-state index contributed by atoms with van der Waals surface area (Å²) < 4.78 is 26.3. The van der Waals surface area contributed by atoms with E-state index >= 15 is 0 Å². The first kappa shape index (κ1) is 15.8. The summed E-state index contributed by atoms with van der Waals surface area (Å²) in [5.74, 6) is -1.42. The highest BCUT2D eigenvalue weighted by atomic mass is 32.2. The SMILES string of the molecule is CC(C(=O)O)S(=O)(=O)Nc1sc2c(c1C#N)CCCCC2. The van der Waals surface area contributed by atoms with Crippen LogP contribution in [0.15, 0.2) is 0 Å². The van der Waals surface area contributed by atoms with Crippen molar-refractivity contribution in [3.8, 4) is 6.07 Å². The number of hydrogen-bond acceptors (Lipinski definition) is 5. The van der Waals surface area contributed by atoms with E-state index in [0.717, 1.165) is 49.5 Å². The lowest BCUT2D eigenvalue weighted by molar-refractivity contribution is -0.136. The maximum atomic E-state index is 12.0. The third-order valence-corrected chi connectivity index (χ3v) is 6.54. The third kappa shape index (κ3) is 3.19. The van der Waals surface area contributed by atoms with Gasteiger partial charge in [-0.05, 0) is 38.2 Å². The number of hydrogen-bond donors (Lipinski definition) is 2. The van der Waals surface area contributed by atoms with Crippen LogP contribution in [-0.4, -0.2) is 24.7 Å². The number of nitriles is 1. The van der Waals surface area contributed by atoms with Gasteiger partial charge in [0.2, 0.25) is 10.0 Å². The molecular formula is C13H16N2O4S2. The molecule has 0 radical (unpaired) electrons. The minimum Gasteiger partial charge on any atom is -0.480 e. The number of nitrogens with zero attached hydrogens (tertiary/aromatic N) is 1. The molecule has 1 aliphatic carbocycles. The van der Waals surface area contributed by atoms with Gasteiger partial charge in [-0.25, -0.2) is 8.42 Å². The van der Waals surface area contributed by atoms with Crippen LogP contribution in [0.2, 0.25) is 0 Å². The molecule has 0 aliphatic heterocycles. The van der Waals surface area contributed by atoms with Gasteiger partial charge in [-0.2, -0.15) is 5.26 Å². The van der Waals surface area contributed by atoms with E-state index in [2.05, 4.69) is 10.8 Å². The standard InChI is InChI=1S/C13H16N2O4S2/c1-8(13(16)17)21(18,19)15-12-10(7-14)9-5-3-2-4-6-11(9)20-12/h8,15H,2-6H2,1H3,(H,16,17). The van der Waals surface area contributed by atoms with Crippen LogP contribution >= 0.6 is 11.3 Å². The summed E-state index contributed by atoms with van der Waals surface area (Å²) in [6.45, 7) is 1.11. The van der Waals surface area contributed by atoms with Gasteiger partial charge >= 0.3 is 5.97 Å². The summed E-state index contributed by atoms with van der Waals surface area (Å²) in [5, 5.41) is 16.8. The Morgan fingerprint density at radius 1 is 1.38 bits per heavy atom. The van der Waals surface area contributed by atoms with Gasteiger partial charge in [-0.3, -0.25) is 9.52 Å². The first-order valence-corrected chi connectivity index (χ1v) is 9.02. The fourth-order valence-electron chi connectivity index (χ4n) is 2.28. The second-order valence-corrected chi connectivity index (χ2v) is 8.11. The molecule has 21 heavy (non-hydrogen) atoms. The smallest absolute Gasteiger partial charge is 0.323 e. The highest BCUT2D eigenvalue weighted by molar-refractivity contribution is 7.94. The molecule has 2 N–H and O–H groups in total. The van der Waals surface area contributed by atoms with Crippen molar-refractivity contribution in [1.29, 1.82) is 5.26 Å². The highest BCUT2D eigenvalue weighted by Crippen LogP contribution is 2.37. The lowest BCUT2D eigenvalue weighted by atomic mass is 10.1. The predicted molar refractivity (Wildman–Crippen MR) is 79.9 cm³/mol. The summed E-state index contributed by atoms with van der Waals surface area (Å²) in [6, 6.07) is 2.06. The van der Waals surface area contributed by atoms with Crippen LogP contribution in [-0.2, 0) is 27.7 Å². The van der Waals surface area contributed by atoms with Gasteiger partial charge in [0.25, 0.3) is 0 Å². The number of aryl methyl sites for hydroxylation is 1. The molecule has 0 amide bonds. The normalized spacial score (nSPS) is 16.4. The van der Waals surface area contributed by atoms with Crippen molar-refractivity contribution >= 4 is 32.3 Å². The average molecular weight is 328 g/mol. The van der Waals surface area contributed by atoms with E-state index in [1.165, 1.54) is 11.3 Å². The second kappa shape index (κ2) is 6.03. The largest absolute Gasteiger partial charge is 0.480 e. The van der Waals surface area contributed by atoms with E-state index < -0.39 is 21.2 Å². The number of rotatable bonds is 4. The van der Waals surface area contributed by atoms with E-state index in [9.17, 15) is 18.5 Å². The number of anilines is 1. The van der Waals surface area contributed by atoms with Crippen LogP contribution in [0.3, 0.4) is 0 Å². The zero-order valence-corrected chi connectivity index (χ0v) is 13.2. The predicted octanol–water partition coefficient (Wildman–Crippen LogP) is 2.10. The molecule has 1 unspecified atom stereocenters. The molecule has 8 heteroatoms. The Morgan fingerprint density at radius 2 is 2.05 bits per heavy atom. The van der Waals surface area contributed by atoms with E-state index in [1.54, 1.807) is 0 Å². The zero-order valence-electron chi connectivity index (χ0n) is 11.5. The topological polar surface area (TPSA) is 107 Å². The Morgan fingerprint density at radius 3 is 2.67 bits per heavy atom. The molecule has 114 valence electrons. The van der Waals surface area contributed by atoms with E-state index in [4.69, 9.17) is 5.11 Å². The molecule has 6 nitrogen and oxygen atoms in total. The fourth-order valence-corrected chi connectivity index (χ4v) is 4.69. The van der Waals surface area contributed by atoms with Crippen molar-refractivity contribution in [2.24, 2.45) is 0 Å². The van der Waals surface area contributed by atoms with Crippen molar-refractivity contribution in [3.05, 3.63) is 16.0 Å². The Labute approximate surface area is 127 Å². The zero-order chi connectivity index (χ0) is 15.6. The number of fused-ring (bicyclic) bond motifs is 1. The number of carboxylic acid groups (broad SMARTS) is 1. The summed E-state index contributed by atoms with van der Waals surface area (Å²) in [5.41, 5.74) is 1.26. The molecule has 0 fully saturated rings. The maximum Gasteiger partial charge on any atom is 0.323 e. The van der Waals surface area contributed by atoms with Crippen LogP contribution in [0.5, 0.6) is 0 Å². The summed E-state index contributed by atoms with van der Waals surface area (Å²) in [4.78, 5) is 11.9. The Kier molecular flexibility index (Phi) is 4.54. The minimum absolute atomic E-state index is 0.248. The maximum absolute atomic E-state index is 12.0. The van der Waals surface area contributed by atoms with E-state index in [-0.39, 0.29) is 5.00 Å². The van der Waals surface area contributed by atoms with Crippen LogP contribution in [0.25, 0.3) is 0 Å². The Bertz CT molecular complexity index is 700. The number of thiophene rings is 1. The van der Waals surface area contributed by atoms with Gasteiger partial charge < -0.3 is 5.11 Å². The Balaban J connectivity index is 2.38. The first-order valence-electron chi connectivity index (χ1n) is 6.66. The monoisotopic (exact) mass is 328 g/mol. The second-order valence-electron chi connectivity index (χ2n) is 5.01. The minimum atomic E-state index is -4.04. The molecule has 0 spiro atoms. The van der Waals surface area contributed by atoms with Crippen molar-refractivity contribution in [2.45, 2.75) is 44.3 Å². The molecule has 0 saturated carbocycles. The quantitative estimate of drug-likeness (QED) is 0.823. The molecule has 1 aliphatic rings. The van der Waals surface area contributed by atoms with Crippen molar-refractivity contribution in [1.82, 2.24) is 0 Å². The lowest BCUT2D eigenvalue weighted by Gasteiger charge is -2.10. The van der Waals surface area contributed by atoms with Crippen LogP contribution in [0, 0.1) is 11.3 Å². The van der Waals surface area contributed by atoms with E-state index in [0.29, 0.717) is 5.56 Å². The molecule has 0 aromatic carbocycles. The number of aliphatic carboxylic acids is 1. The number of carbonyl (C=O) groups is 1. The van der Waals surface area contributed by atoms with Gasteiger partial charge in [-0.1, -0.05) is 6.42 Å². The molecular weight excluding hydrogens is 312 g/mol. The van der Waals surface area contributed by atoms with Crippen LogP contribution in [0.4, 0.5) is 5.00 Å². The van der Waals surface area contributed by atoms with Crippen molar-refractivity contribution < 1.29 is 18.3 Å². The lowest BCUT2D eigenvalue weighted by Crippen LogP contribution is -2.32. The summed E-state index contributed by atoms with van der Waals surface area (Å²) >= 11 is 1.25. The molecule has 0 bridgehead atoms. The summed E-state index contributed by atoms with van der Waals surface area (Å²) in [6.07, 6.45) is 4.71. The van der Waals surface area contributed by atoms with Crippen molar-refractivity contribution in [3.63, 3.8) is 0 Å². The third-order valence-electron chi connectivity index (χ3n) is 3.58. The summed E-state index contributed by atoms with van der Waals surface area (Å²) in [7, 11) is -4.04. The van der Waals surface area contributed by atoms with Gasteiger partial charge in [0.1, 0.15) is 11.1 Å². The molecule has 2 rings (SSSR count). The van der Waals surface area contributed by atoms with Gasteiger partial charge in [0.05, 0.1) is 5.56 Å².